The van der Waals surface area contributed by atoms with Crippen LogP contribution in [0.4, 0.5) is 10.1 Å². The second-order valence-electron chi connectivity index (χ2n) is 4.21. The third-order valence-electron chi connectivity index (χ3n) is 2.77. The third kappa shape index (κ3) is 3.26. The molecular formula is C14H14FN3S. The Kier molecular flexibility index (Phi) is 4.06. The Morgan fingerprint density at radius 2 is 2.16 bits per heavy atom. The van der Waals surface area contributed by atoms with Crippen molar-refractivity contribution < 1.29 is 4.39 Å². The van der Waals surface area contributed by atoms with Gasteiger partial charge in [0.15, 0.2) is 0 Å². The van der Waals surface area contributed by atoms with E-state index in [0.29, 0.717) is 17.8 Å². The number of aromatic nitrogens is 1. The van der Waals surface area contributed by atoms with Crippen molar-refractivity contribution in [1.29, 1.82) is 0 Å². The quantitative estimate of drug-likeness (QED) is 0.871. The van der Waals surface area contributed by atoms with E-state index in [9.17, 15) is 4.39 Å². The largest absolute Gasteiger partial charge is 0.389 e. The average molecular weight is 275 g/mol. The average Bonchev–Trinajstić information content (AvgIpc) is 2.39. The first-order valence-corrected chi connectivity index (χ1v) is 6.19. The van der Waals surface area contributed by atoms with Gasteiger partial charge in [0.2, 0.25) is 0 Å². The van der Waals surface area contributed by atoms with E-state index in [1.165, 1.54) is 6.07 Å². The van der Waals surface area contributed by atoms with Crippen molar-refractivity contribution in [2.24, 2.45) is 5.73 Å². The van der Waals surface area contributed by atoms with Crippen LogP contribution < -0.4 is 10.6 Å². The lowest BCUT2D eigenvalue weighted by atomic mass is 10.2. The van der Waals surface area contributed by atoms with Crippen LogP contribution in [0.2, 0.25) is 0 Å². The highest BCUT2D eigenvalue weighted by Gasteiger charge is 2.10. The summed E-state index contributed by atoms with van der Waals surface area (Å²) in [6, 6.07) is 10.4. The molecule has 0 radical (unpaired) electrons. The summed E-state index contributed by atoms with van der Waals surface area (Å²) >= 11 is 4.82. The molecule has 1 aromatic carbocycles. The number of halogens is 1. The van der Waals surface area contributed by atoms with Crippen molar-refractivity contribution in [2.45, 2.75) is 6.54 Å². The van der Waals surface area contributed by atoms with E-state index in [4.69, 9.17) is 18.0 Å². The van der Waals surface area contributed by atoms with Crippen LogP contribution in [0, 0.1) is 5.82 Å². The lowest BCUT2D eigenvalue weighted by Crippen LogP contribution is -2.19. The molecule has 0 bridgehead atoms. The van der Waals surface area contributed by atoms with E-state index in [2.05, 4.69) is 4.98 Å². The van der Waals surface area contributed by atoms with E-state index in [1.54, 1.807) is 23.2 Å². The number of benzene rings is 1. The van der Waals surface area contributed by atoms with Gasteiger partial charge in [0.1, 0.15) is 10.8 Å². The summed E-state index contributed by atoms with van der Waals surface area (Å²) < 4.78 is 14.0. The Morgan fingerprint density at radius 3 is 2.74 bits per heavy atom. The van der Waals surface area contributed by atoms with Crippen molar-refractivity contribution in [3.63, 3.8) is 0 Å². The van der Waals surface area contributed by atoms with Crippen molar-refractivity contribution in [3.8, 4) is 0 Å². The number of anilines is 1. The second kappa shape index (κ2) is 5.75. The molecule has 1 aromatic heterocycles. The van der Waals surface area contributed by atoms with Crippen molar-refractivity contribution >= 4 is 22.9 Å². The van der Waals surface area contributed by atoms with Gasteiger partial charge in [-0.15, -0.1) is 0 Å². The number of pyridine rings is 1. The molecule has 98 valence electrons. The maximum Gasteiger partial charge on any atom is 0.147 e. The molecule has 1 heterocycles. The van der Waals surface area contributed by atoms with E-state index in [-0.39, 0.29) is 10.8 Å². The highest BCUT2D eigenvalue weighted by Crippen LogP contribution is 2.20. The van der Waals surface area contributed by atoms with Crippen LogP contribution in [0.1, 0.15) is 11.3 Å². The van der Waals surface area contributed by atoms with Gasteiger partial charge in [-0.3, -0.25) is 4.98 Å². The molecule has 0 spiro atoms. The third-order valence-corrected chi connectivity index (χ3v) is 3.00. The number of hydrogen-bond acceptors (Lipinski definition) is 3. The Bertz CT molecular complexity index is 586. The molecule has 2 N–H and O–H groups in total. The molecule has 0 aliphatic carbocycles. The summed E-state index contributed by atoms with van der Waals surface area (Å²) in [7, 11) is 1.81. The van der Waals surface area contributed by atoms with Crippen molar-refractivity contribution in [3.05, 3.63) is 59.7 Å². The molecule has 3 nitrogen and oxygen atoms in total. The first-order chi connectivity index (χ1) is 9.08. The summed E-state index contributed by atoms with van der Waals surface area (Å²) in [6.45, 7) is 0.532. The van der Waals surface area contributed by atoms with E-state index < -0.39 is 0 Å². The van der Waals surface area contributed by atoms with Gasteiger partial charge in [-0.1, -0.05) is 18.3 Å². The highest BCUT2D eigenvalue weighted by atomic mass is 32.1. The fourth-order valence-corrected chi connectivity index (χ4v) is 1.92. The normalized spacial score (nSPS) is 10.2. The SMILES string of the molecule is CN(Cc1ccccn1)c1ccc(C(N)=S)cc1F. The lowest BCUT2D eigenvalue weighted by molar-refractivity contribution is 0.621. The molecule has 0 atom stereocenters. The van der Waals surface area contributed by atoms with Crippen molar-refractivity contribution in [2.75, 3.05) is 11.9 Å². The molecule has 0 amide bonds. The molecule has 0 saturated carbocycles. The van der Waals surface area contributed by atoms with E-state index in [0.717, 1.165) is 5.69 Å². The molecule has 0 fully saturated rings. The number of thiocarbonyl (C=S) groups is 1. The van der Waals surface area contributed by atoms with Crippen LogP contribution in [-0.4, -0.2) is 17.0 Å². The summed E-state index contributed by atoms with van der Waals surface area (Å²) in [4.78, 5) is 6.20. The summed E-state index contributed by atoms with van der Waals surface area (Å²) in [5, 5.41) is 0. The van der Waals surface area contributed by atoms with Crippen molar-refractivity contribution in [1.82, 2.24) is 4.98 Å². The fraction of sp³-hybridized carbons (Fsp3) is 0.143. The minimum absolute atomic E-state index is 0.192. The van der Waals surface area contributed by atoms with Gasteiger partial charge in [-0.25, -0.2) is 4.39 Å². The van der Waals surface area contributed by atoms with Crippen LogP contribution in [-0.2, 0) is 6.54 Å². The van der Waals surface area contributed by atoms with Crippen LogP contribution in [0.5, 0.6) is 0 Å². The number of nitrogens with zero attached hydrogens (tertiary/aromatic N) is 2. The van der Waals surface area contributed by atoms with Gasteiger partial charge in [0.25, 0.3) is 0 Å². The lowest BCUT2D eigenvalue weighted by Gasteiger charge is -2.19. The molecule has 2 rings (SSSR count). The molecule has 0 unspecified atom stereocenters. The van der Waals surface area contributed by atoms with Gasteiger partial charge in [0, 0.05) is 18.8 Å². The Balaban J connectivity index is 2.20. The minimum atomic E-state index is -0.344. The smallest absolute Gasteiger partial charge is 0.147 e. The number of rotatable bonds is 4. The molecule has 0 saturated heterocycles. The fourth-order valence-electron chi connectivity index (χ4n) is 1.79. The van der Waals surface area contributed by atoms with Gasteiger partial charge < -0.3 is 10.6 Å². The Hall–Kier alpha value is -2.01. The first kappa shape index (κ1) is 13.4. The molecule has 2 aromatic rings. The van der Waals surface area contributed by atoms with Crippen LogP contribution in [0.15, 0.2) is 42.6 Å². The zero-order valence-electron chi connectivity index (χ0n) is 10.5. The molecule has 0 aliphatic heterocycles. The zero-order chi connectivity index (χ0) is 13.8. The minimum Gasteiger partial charge on any atom is -0.389 e. The standard InChI is InChI=1S/C14H14FN3S/c1-18(9-11-4-2-3-7-17-11)13-6-5-10(14(16)19)8-12(13)15/h2-8H,9H2,1H3,(H2,16,19). The zero-order valence-corrected chi connectivity index (χ0v) is 11.3. The molecule has 5 heteroatoms. The number of hydrogen-bond donors (Lipinski definition) is 1. The first-order valence-electron chi connectivity index (χ1n) is 5.78. The number of nitrogens with two attached hydrogens (primary N) is 1. The van der Waals surface area contributed by atoms with E-state index in [1.807, 2.05) is 25.2 Å². The predicted octanol–water partition coefficient (Wildman–Crippen LogP) is 2.49. The summed E-state index contributed by atoms with van der Waals surface area (Å²) in [6.07, 6.45) is 1.72. The van der Waals surface area contributed by atoms with Crippen LogP contribution in [0.25, 0.3) is 0 Å². The van der Waals surface area contributed by atoms with Crippen LogP contribution in [0.3, 0.4) is 0 Å². The highest BCUT2D eigenvalue weighted by molar-refractivity contribution is 7.80. The maximum absolute atomic E-state index is 14.0. The predicted molar refractivity (Wildman–Crippen MR) is 78.6 cm³/mol. The Labute approximate surface area is 116 Å². The maximum atomic E-state index is 14.0. The Morgan fingerprint density at radius 1 is 1.37 bits per heavy atom. The second-order valence-corrected chi connectivity index (χ2v) is 4.65. The monoisotopic (exact) mass is 275 g/mol. The summed E-state index contributed by atoms with van der Waals surface area (Å²) in [5.41, 5.74) is 7.37. The van der Waals surface area contributed by atoms with Gasteiger partial charge in [-0.2, -0.15) is 0 Å². The van der Waals surface area contributed by atoms with Crippen LogP contribution >= 0.6 is 12.2 Å². The topological polar surface area (TPSA) is 42.2 Å². The summed E-state index contributed by atoms with van der Waals surface area (Å²) in [5.74, 6) is -0.344. The molecular weight excluding hydrogens is 261 g/mol. The van der Waals surface area contributed by atoms with E-state index >= 15 is 0 Å². The van der Waals surface area contributed by atoms with Gasteiger partial charge >= 0.3 is 0 Å². The van der Waals surface area contributed by atoms with Gasteiger partial charge in [0.05, 0.1) is 17.9 Å². The molecule has 0 aliphatic rings. The molecule has 19 heavy (non-hydrogen) atoms. The van der Waals surface area contributed by atoms with Gasteiger partial charge in [-0.05, 0) is 30.3 Å².